The Labute approximate surface area is 105 Å². The fraction of sp³-hybridized carbons (Fsp3) is 0.900. The van der Waals surface area contributed by atoms with Gasteiger partial charge in [0.25, 0.3) is 0 Å². The Kier molecular flexibility index (Phi) is 5.51. The summed E-state index contributed by atoms with van der Waals surface area (Å²) in [6.45, 7) is -0.166. The van der Waals surface area contributed by atoms with Gasteiger partial charge >= 0.3 is 5.97 Å². The first-order chi connectivity index (χ1) is 6.97. The fourth-order valence-corrected chi connectivity index (χ4v) is 2.02. The lowest BCUT2D eigenvalue weighted by Crippen LogP contribution is -2.17. The molecular formula is C10H15Cl3O2. The Morgan fingerprint density at radius 3 is 2.40 bits per heavy atom. The van der Waals surface area contributed by atoms with Gasteiger partial charge in [-0.2, -0.15) is 0 Å². The molecule has 1 fully saturated rings. The van der Waals surface area contributed by atoms with Gasteiger partial charge in [0.2, 0.25) is 3.79 Å². The predicted molar refractivity (Wildman–Crippen MR) is 62.4 cm³/mol. The molecule has 0 aliphatic heterocycles. The molecule has 0 heterocycles. The van der Waals surface area contributed by atoms with E-state index in [4.69, 9.17) is 39.5 Å². The molecule has 0 saturated heterocycles. The van der Waals surface area contributed by atoms with E-state index in [-0.39, 0.29) is 12.6 Å². The van der Waals surface area contributed by atoms with Crippen LogP contribution < -0.4 is 0 Å². The van der Waals surface area contributed by atoms with Crippen molar-refractivity contribution in [3.63, 3.8) is 0 Å². The van der Waals surface area contributed by atoms with Gasteiger partial charge < -0.3 is 4.74 Å². The van der Waals surface area contributed by atoms with Crippen LogP contribution in [0, 0.1) is 5.92 Å². The summed E-state index contributed by atoms with van der Waals surface area (Å²) in [6, 6.07) is 0. The molecule has 0 aromatic heterocycles. The molecule has 1 saturated carbocycles. The summed E-state index contributed by atoms with van der Waals surface area (Å²) < 4.78 is 3.33. The van der Waals surface area contributed by atoms with E-state index in [2.05, 4.69) is 0 Å². The zero-order chi connectivity index (χ0) is 11.3. The molecule has 1 rings (SSSR count). The van der Waals surface area contributed by atoms with Crippen molar-refractivity contribution < 1.29 is 9.53 Å². The second-order valence-electron chi connectivity index (χ2n) is 3.97. The average molecular weight is 274 g/mol. The van der Waals surface area contributed by atoms with Crippen molar-refractivity contribution in [2.45, 2.75) is 42.3 Å². The summed E-state index contributed by atoms with van der Waals surface area (Å²) in [7, 11) is 0. The molecule has 0 unspecified atom stereocenters. The van der Waals surface area contributed by atoms with Gasteiger partial charge in [0.15, 0.2) is 0 Å². The van der Waals surface area contributed by atoms with Crippen LogP contribution in [0.2, 0.25) is 0 Å². The molecule has 5 heteroatoms. The Hall–Kier alpha value is 0.340. The van der Waals surface area contributed by atoms with Crippen molar-refractivity contribution in [1.82, 2.24) is 0 Å². The molecular weight excluding hydrogens is 258 g/mol. The van der Waals surface area contributed by atoms with E-state index >= 15 is 0 Å². The highest BCUT2D eigenvalue weighted by Gasteiger charge is 2.22. The minimum absolute atomic E-state index is 0.166. The van der Waals surface area contributed by atoms with Crippen LogP contribution in [-0.2, 0) is 9.53 Å². The number of ether oxygens (including phenoxy) is 1. The van der Waals surface area contributed by atoms with Crippen molar-refractivity contribution in [1.29, 1.82) is 0 Å². The maximum Gasteiger partial charge on any atom is 0.305 e. The van der Waals surface area contributed by atoms with Gasteiger partial charge in [-0.3, -0.25) is 4.79 Å². The number of rotatable bonds is 4. The Bertz CT molecular complexity index is 207. The highest BCUT2D eigenvalue weighted by atomic mass is 35.6. The number of hydrogen-bond donors (Lipinski definition) is 0. The van der Waals surface area contributed by atoms with Crippen LogP contribution in [0.4, 0.5) is 0 Å². The maximum absolute atomic E-state index is 11.2. The summed E-state index contributed by atoms with van der Waals surface area (Å²) in [4.78, 5) is 11.2. The largest absolute Gasteiger partial charge is 0.461 e. The van der Waals surface area contributed by atoms with Crippen molar-refractivity contribution in [2.24, 2.45) is 5.92 Å². The third-order valence-electron chi connectivity index (χ3n) is 2.63. The molecule has 2 nitrogen and oxygen atoms in total. The number of halogens is 3. The van der Waals surface area contributed by atoms with Gasteiger partial charge in [0, 0.05) is 6.42 Å². The fourth-order valence-electron chi connectivity index (χ4n) is 1.86. The molecule has 0 amide bonds. The van der Waals surface area contributed by atoms with Crippen molar-refractivity contribution >= 4 is 40.8 Å². The number of carbonyl (C=O) groups is 1. The molecule has 0 spiro atoms. The Balaban J connectivity index is 2.08. The second-order valence-corrected chi connectivity index (χ2v) is 6.48. The van der Waals surface area contributed by atoms with Crippen molar-refractivity contribution in [3.8, 4) is 0 Å². The number of hydrogen-bond acceptors (Lipinski definition) is 2. The van der Waals surface area contributed by atoms with E-state index in [1.54, 1.807) is 0 Å². The minimum atomic E-state index is -1.50. The molecule has 1 aliphatic carbocycles. The average Bonchev–Trinajstić information content (AvgIpc) is 2.62. The minimum Gasteiger partial charge on any atom is -0.461 e. The molecule has 0 bridgehead atoms. The van der Waals surface area contributed by atoms with Gasteiger partial charge in [0.1, 0.15) is 6.61 Å². The van der Waals surface area contributed by atoms with Gasteiger partial charge in [-0.1, -0.05) is 60.5 Å². The lowest BCUT2D eigenvalue weighted by Gasteiger charge is -2.12. The summed E-state index contributed by atoms with van der Waals surface area (Å²) >= 11 is 16.4. The second kappa shape index (κ2) is 6.17. The summed E-state index contributed by atoms with van der Waals surface area (Å²) in [5.41, 5.74) is 0. The first-order valence-corrected chi connectivity index (χ1v) is 6.33. The lowest BCUT2D eigenvalue weighted by atomic mass is 10.0. The SMILES string of the molecule is O=C(CCC1CCCC1)OCC(Cl)(Cl)Cl. The standard InChI is InChI=1S/C10H15Cl3O2/c11-10(12,13)7-15-9(14)6-5-8-3-1-2-4-8/h8H,1-7H2. The first-order valence-electron chi connectivity index (χ1n) is 5.20. The van der Waals surface area contributed by atoms with E-state index in [9.17, 15) is 4.79 Å². The summed E-state index contributed by atoms with van der Waals surface area (Å²) in [5, 5.41) is 0. The molecule has 0 aromatic carbocycles. The highest BCUT2D eigenvalue weighted by Crippen LogP contribution is 2.29. The Morgan fingerprint density at radius 1 is 1.27 bits per heavy atom. The van der Waals surface area contributed by atoms with E-state index in [0.717, 1.165) is 6.42 Å². The van der Waals surface area contributed by atoms with E-state index in [1.807, 2.05) is 0 Å². The highest BCUT2D eigenvalue weighted by molar-refractivity contribution is 6.67. The van der Waals surface area contributed by atoms with E-state index < -0.39 is 3.79 Å². The van der Waals surface area contributed by atoms with Crippen molar-refractivity contribution in [3.05, 3.63) is 0 Å². The molecule has 0 radical (unpaired) electrons. The quantitative estimate of drug-likeness (QED) is 0.574. The molecule has 0 aromatic rings. The van der Waals surface area contributed by atoms with Crippen LogP contribution in [0.1, 0.15) is 38.5 Å². The summed E-state index contributed by atoms with van der Waals surface area (Å²) in [6.07, 6.45) is 6.38. The van der Waals surface area contributed by atoms with Crippen LogP contribution in [0.5, 0.6) is 0 Å². The maximum atomic E-state index is 11.2. The smallest absolute Gasteiger partial charge is 0.305 e. The molecule has 88 valence electrons. The Morgan fingerprint density at radius 2 is 1.87 bits per heavy atom. The normalized spacial score (nSPS) is 18.1. The van der Waals surface area contributed by atoms with Crippen LogP contribution in [0.15, 0.2) is 0 Å². The molecule has 1 aliphatic rings. The van der Waals surface area contributed by atoms with Gasteiger partial charge in [-0.25, -0.2) is 0 Å². The third-order valence-corrected chi connectivity index (χ3v) is 2.96. The van der Waals surface area contributed by atoms with Crippen LogP contribution in [0.3, 0.4) is 0 Å². The first kappa shape index (κ1) is 13.4. The lowest BCUT2D eigenvalue weighted by molar-refractivity contribution is -0.143. The van der Waals surface area contributed by atoms with E-state index in [0.29, 0.717) is 12.3 Å². The van der Waals surface area contributed by atoms with Crippen LogP contribution >= 0.6 is 34.8 Å². The summed E-state index contributed by atoms with van der Waals surface area (Å²) in [5.74, 6) is 0.415. The number of esters is 1. The third kappa shape index (κ3) is 6.49. The molecule has 15 heavy (non-hydrogen) atoms. The zero-order valence-electron chi connectivity index (χ0n) is 8.48. The van der Waals surface area contributed by atoms with Crippen LogP contribution in [-0.4, -0.2) is 16.4 Å². The molecule has 0 N–H and O–H groups in total. The topological polar surface area (TPSA) is 26.3 Å². The number of carbonyl (C=O) groups excluding carboxylic acids is 1. The zero-order valence-corrected chi connectivity index (χ0v) is 10.7. The van der Waals surface area contributed by atoms with Crippen molar-refractivity contribution in [2.75, 3.05) is 6.61 Å². The monoisotopic (exact) mass is 272 g/mol. The number of alkyl halides is 3. The van der Waals surface area contributed by atoms with Gasteiger partial charge in [0.05, 0.1) is 0 Å². The van der Waals surface area contributed by atoms with Gasteiger partial charge in [-0.05, 0) is 12.3 Å². The van der Waals surface area contributed by atoms with E-state index in [1.165, 1.54) is 25.7 Å². The molecule has 0 atom stereocenters. The van der Waals surface area contributed by atoms with Gasteiger partial charge in [-0.15, -0.1) is 0 Å². The predicted octanol–water partition coefficient (Wildman–Crippen LogP) is 3.87. The van der Waals surface area contributed by atoms with Crippen LogP contribution in [0.25, 0.3) is 0 Å².